The fourth-order valence-corrected chi connectivity index (χ4v) is 2.46. The lowest BCUT2D eigenvalue weighted by Gasteiger charge is -2.12. The highest BCUT2D eigenvalue weighted by molar-refractivity contribution is 5.91. The number of aliphatic hydroxyl groups excluding tert-OH is 2. The van der Waals surface area contributed by atoms with Gasteiger partial charge in [-0.15, -0.1) is 0 Å². The monoisotopic (exact) mass is 368 g/mol. The Hall–Kier alpha value is -3.29. The maximum Gasteiger partial charge on any atom is 0.267 e. The van der Waals surface area contributed by atoms with E-state index in [0.29, 0.717) is 28.3 Å². The van der Waals surface area contributed by atoms with Crippen molar-refractivity contribution in [3.63, 3.8) is 0 Å². The Morgan fingerprint density at radius 3 is 2.22 bits per heavy atom. The average molecular weight is 368 g/mol. The average Bonchev–Trinajstić information content (AvgIpc) is 2.69. The number of ether oxygens (including phenoxy) is 1. The number of carbonyl (C=O) groups excluding carboxylic acids is 1. The van der Waals surface area contributed by atoms with Gasteiger partial charge in [0.25, 0.3) is 5.91 Å². The Labute approximate surface area is 154 Å². The highest BCUT2D eigenvalue weighted by Crippen LogP contribution is 2.27. The molecule has 3 aromatic rings. The molecule has 138 valence electrons. The first-order valence-corrected chi connectivity index (χ1v) is 8.11. The van der Waals surface area contributed by atoms with Crippen LogP contribution in [0.3, 0.4) is 0 Å². The van der Waals surface area contributed by atoms with Gasteiger partial charge in [-0.3, -0.25) is 4.79 Å². The number of nitrogens with zero attached hydrogens (tertiary/aromatic N) is 1. The summed E-state index contributed by atoms with van der Waals surface area (Å²) in [6.07, 6.45) is -1.15. The van der Waals surface area contributed by atoms with Crippen LogP contribution in [0, 0.1) is 5.82 Å². The van der Waals surface area contributed by atoms with Crippen LogP contribution in [0.25, 0.3) is 11.3 Å². The van der Waals surface area contributed by atoms with E-state index in [0.717, 1.165) is 0 Å². The van der Waals surface area contributed by atoms with E-state index in [-0.39, 0.29) is 11.5 Å². The summed E-state index contributed by atoms with van der Waals surface area (Å²) < 4.78 is 18.6. The molecule has 2 aromatic carbocycles. The van der Waals surface area contributed by atoms with Gasteiger partial charge in [-0.1, -0.05) is 0 Å². The molecule has 0 bridgehead atoms. The van der Waals surface area contributed by atoms with Crippen LogP contribution >= 0.6 is 0 Å². The minimum absolute atomic E-state index is 0.0124. The number of primary amides is 1. The van der Waals surface area contributed by atoms with Gasteiger partial charge < -0.3 is 20.7 Å². The standard InChI is InChI=1S/C20H17FN2O4/c21-14-3-7-16(8-4-14)27-15-5-1-12(2-6-15)17-9-13(19(25)11-24)10-18(23-17)20(22)26/h1-10,19,24-25H,11H2,(H2,22,26). The lowest BCUT2D eigenvalue weighted by Crippen LogP contribution is -2.15. The number of halogens is 1. The number of hydrogen-bond acceptors (Lipinski definition) is 5. The highest BCUT2D eigenvalue weighted by atomic mass is 19.1. The number of benzene rings is 2. The molecule has 0 saturated heterocycles. The summed E-state index contributed by atoms with van der Waals surface area (Å²) in [5.74, 6) is -0.0585. The first-order valence-electron chi connectivity index (χ1n) is 8.11. The molecule has 0 aliphatic carbocycles. The SMILES string of the molecule is NC(=O)c1cc(C(O)CO)cc(-c2ccc(Oc3ccc(F)cc3)cc2)n1. The molecule has 3 rings (SSSR count). The van der Waals surface area contributed by atoms with Crippen LogP contribution in [0.2, 0.25) is 0 Å². The summed E-state index contributed by atoms with van der Waals surface area (Å²) in [5, 5.41) is 19.0. The van der Waals surface area contributed by atoms with E-state index in [4.69, 9.17) is 15.6 Å². The molecule has 27 heavy (non-hydrogen) atoms. The molecule has 0 aliphatic heterocycles. The van der Waals surface area contributed by atoms with Crippen molar-refractivity contribution in [2.75, 3.05) is 6.61 Å². The Kier molecular flexibility index (Phi) is 5.44. The quantitative estimate of drug-likeness (QED) is 0.620. The number of pyridine rings is 1. The van der Waals surface area contributed by atoms with E-state index in [1.54, 1.807) is 30.3 Å². The summed E-state index contributed by atoms with van der Waals surface area (Å²) in [6, 6.07) is 15.4. The van der Waals surface area contributed by atoms with Gasteiger partial charge in [0.1, 0.15) is 29.1 Å². The molecule has 1 unspecified atom stereocenters. The summed E-state index contributed by atoms with van der Waals surface area (Å²) in [6.45, 7) is -0.494. The Balaban J connectivity index is 1.88. The van der Waals surface area contributed by atoms with Crippen molar-refractivity contribution in [1.29, 1.82) is 0 Å². The second-order valence-corrected chi connectivity index (χ2v) is 5.81. The van der Waals surface area contributed by atoms with Crippen LogP contribution in [0.1, 0.15) is 22.2 Å². The second-order valence-electron chi connectivity index (χ2n) is 5.81. The molecule has 1 heterocycles. The van der Waals surface area contributed by atoms with Crippen LogP contribution in [-0.4, -0.2) is 27.7 Å². The molecule has 0 radical (unpaired) electrons. The maximum atomic E-state index is 12.9. The normalized spacial score (nSPS) is 11.8. The Bertz CT molecular complexity index is 943. The zero-order valence-electron chi connectivity index (χ0n) is 14.2. The summed E-state index contributed by atoms with van der Waals surface area (Å²) in [4.78, 5) is 15.7. The third-order valence-electron chi connectivity index (χ3n) is 3.86. The molecule has 0 aliphatic rings. The molecule has 0 spiro atoms. The molecule has 7 heteroatoms. The molecular weight excluding hydrogens is 351 g/mol. The first-order chi connectivity index (χ1) is 13.0. The topological polar surface area (TPSA) is 106 Å². The number of rotatable bonds is 6. The number of aliphatic hydroxyl groups is 2. The summed E-state index contributed by atoms with van der Waals surface area (Å²) >= 11 is 0. The number of carbonyl (C=O) groups is 1. The molecule has 1 aromatic heterocycles. The largest absolute Gasteiger partial charge is 0.457 e. The Morgan fingerprint density at radius 2 is 1.67 bits per heavy atom. The van der Waals surface area contributed by atoms with Crippen molar-refractivity contribution in [3.05, 3.63) is 77.7 Å². The van der Waals surface area contributed by atoms with Crippen LogP contribution < -0.4 is 10.5 Å². The molecular formula is C20H17FN2O4. The van der Waals surface area contributed by atoms with Crippen molar-refractivity contribution < 1.29 is 24.1 Å². The van der Waals surface area contributed by atoms with Crippen LogP contribution in [0.4, 0.5) is 4.39 Å². The maximum absolute atomic E-state index is 12.9. The zero-order valence-corrected chi connectivity index (χ0v) is 14.2. The Morgan fingerprint density at radius 1 is 1.07 bits per heavy atom. The smallest absolute Gasteiger partial charge is 0.267 e. The lowest BCUT2D eigenvalue weighted by atomic mass is 10.0. The number of hydrogen-bond donors (Lipinski definition) is 3. The first kappa shape index (κ1) is 18.5. The number of nitrogens with two attached hydrogens (primary N) is 1. The summed E-state index contributed by atoms with van der Waals surface area (Å²) in [7, 11) is 0. The zero-order chi connectivity index (χ0) is 19.4. The van der Waals surface area contributed by atoms with Crippen LogP contribution in [0.5, 0.6) is 11.5 Å². The van der Waals surface area contributed by atoms with Crippen molar-refractivity contribution in [3.8, 4) is 22.8 Å². The van der Waals surface area contributed by atoms with Gasteiger partial charge in [-0.05, 0) is 66.2 Å². The van der Waals surface area contributed by atoms with Gasteiger partial charge in [-0.25, -0.2) is 9.37 Å². The van der Waals surface area contributed by atoms with E-state index in [1.807, 2.05) is 0 Å². The van der Waals surface area contributed by atoms with Crippen LogP contribution in [0.15, 0.2) is 60.7 Å². The summed E-state index contributed by atoms with van der Waals surface area (Å²) in [5.41, 5.74) is 6.70. The van der Waals surface area contributed by atoms with Gasteiger partial charge >= 0.3 is 0 Å². The van der Waals surface area contributed by atoms with Crippen LogP contribution in [-0.2, 0) is 0 Å². The second kappa shape index (κ2) is 7.94. The van der Waals surface area contributed by atoms with Crippen molar-refractivity contribution in [1.82, 2.24) is 4.98 Å². The number of aromatic nitrogens is 1. The van der Waals surface area contributed by atoms with Gasteiger partial charge in [0, 0.05) is 5.56 Å². The van der Waals surface area contributed by atoms with Crippen molar-refractivity contribution in [2.45, 2.75) is 6.10 Å². The minimum Gasteiger partial charge on any atom is -0.457 e. The van der Waals surface area contributed by atoms with Gasteiger partial charge in [0.15, 0.2) is 0 Å². The van der Waals surface area contributed by atoms with Gasteiger partial charge in [-0.2, -0.15) is 0 Å². The molecule has 1 amide bonds. The molecule has 6 nitrogen and oxygen atoms in total. The van der Waals surface area contributed by atoms with E-state index < -0.39 is 18.6 Å². The molecule has 1 atom stereocenters. The highest BCUT2D eigenvalue weighted by Gasteiger charge is 2.14. The molecule has 0 fully saturated rings. The number of amides is 1. The minimum atomic E-state index is -1.15. The van der Waals surface area contributed by atoms with E-state index in [2.05, 4.69) is 4.98 Å². The lowest BCUT2D eigenvalue weighted by molar-refractivity contribution is 0.0948. The van der Waals surface area contributed by atoms with Gasteiger partial charge in [0.05, 0.1) is 12.3 Å². The predicted octanol–water partition coefficient (Wildman–Crippen LogP) is 2.80. The van der Waals surface area contributed by atoms with E-state index >= 15 is 0 Å². The molecule has 0 saturated carbocycles. The van der Waals surface area contributed by atoms with E-state index in [9.17, 15) is 14.3 Å². The fraction of sp³-hybridized carbons (Fsp3) is 0.100. The molecule has 4 N–H and O–H groups in total. The third-order valence-corrected chi connectivity index (χ3v) is 3.86. The predicted molar refractivity (Wildman–Crippen MR) is 96.7 cm³/mol. The van der Waals surface area contributed by atoms with Gasteiger partial charge in [0.2, 0.25) is 0 Å². The van der Waals surface area contributed by atoms with E-state index in [1.165, 1.54) is 30.3 Å². The fourth-order valence-electron chi connectivity index (χ4n) is 2.46. The van der Waals surface area contributed by atoms with Crippen molar-refractivity contribution >= 4 is 5.91 Å². The third kappa shape index (κ3) is 4.46. The van der Waals surface area contributed by atoms with Crippen molar-refractivity contribution in [2.24, 2.45) is 5.73 Å².